The van der Waals surface area contributed by atoms with Crippen molar-refractivity contribution < 1.29 is 28.6 Å². The van der Waals surface area contributed by atoms with Crippen LogP contribution in [-0.2, 0) is 4.79 Å². The number of carbonyl (C=O) groups is 1. The second kappa shape index (κ2) is 8.44. The zero-order valence-electron chi connectivity index (χ0n) is 19.5. The van der Waals surface area contributed by atoms with Gasteiger partial charge in [-0.05, 0) is 54.7 Å². The number of phenolic OH excluding ortho intramolecular Hbond substituents is 1. The molecule has 34 heavy (non-hydrogen) atoms. The molecular formula is C26H26N2O6. The minimum absolute atomic E-state index is 0.0526. The van der Waals surface area contributed by atoms with Crippen molar-refractivity contribution in [2.75, 3.05) is 26.6 Å². The van der Waals surface area contributed by atoms with Gasteiger partial charge in [0, 0.05) is 23.6 Å². The SMILES string of the molecule is COc1cc([C@@H]2CC(=O)C3=C(C2)Nc2onc(C)c2[C@@H]3c2ccc(OC)c(OC)c2)ccc1O. The third-order valence-corrected chi connectivity index (χ3v) is 6.67. The molecule has 1 aromatic heterocycles. The molecule has 2 aliphatic rings. The van der Waals surface area contributed by atoms with Crippen LogP contribution in [-0.4, -0.2) is 37.4 Å². The van der Waals surface area contributed by atoms with E-state index in [2.05, 4.69) is 10.5 Å². The van der Waals surface area contributed by atoms with Gasteiger partial charge in [0.15, 0.2) is 28.8 Å². The number of hydrogen-bond donors (Lipinski definition) is 2. The van der Waals surface area contributed by atoms with Crippen molar-refractivity contribution in [3.8, 4) is 23.0 Å². The molecule has 0 saturated carbocycles. The zero-order chi connectivity index (χ0) is 24.0. The topological polar surface area (TPSA) is 103 Å². The number of phenols is 1. The number of aromatic hydroxyl groups is 1. The normalized spacial score (nSPS) is 19.2. The Labute approximate surface area is 197 Å². The number of hydrogen-bond acceptors (Lipinski definition) is 8. The number of ketones is 1. The first kappa shape index (κ1) is 21.9. The van der Waals surface area contributed by atoms with Crippen LogP contribution < -0.4 is 19.5 Å². The molecule has 2 N–H and O–H groups in total. The summed E-state index contributed by atoms with van der Waals surface area (Å²) >= 11 is 0. The van der Waals surface area contributed by atoms with E-state index in [9.17, 15) is 9.90 Å². The number of carbonyl (C=O) groups excluding carboxylic acids is 1. The second-order valence-electron chi connectivity index (χ2n) is 8.54. The number of nitrogens with zero attached hydrogens (tertiary/aromatic N) is 1. The highest BCUT2D eigenvalue weighted by Gasteiger charge is 2.41. The minimum Gasteiger partial charge on any atom is -0.504 e. The highest BCUT2D eigenvalue weighted by molar-refractivity contribution is 6.01. The fourth-order valence-electron chi connectivity index (χ4n) is 5.02. The Bertz CT molecular complexity index is 1310. The molecule has 3 aromatic rings. The van der Waals surface area contributed by atoms with Crippen LogP contribution in [0.2, 0.25) is 0 Å². The van der Waals surface area contributed by atoms with Crippen molar-refractivity contribution in [1.82, 2.24) is 5.16 Å². The Morgan fingerprint density at radius 3 is 2.41 bits per heavy atom. The molecule has 2 aromatic carbocycles. The molecule has 0 bridgehead atoms. The van der Waals surface area contributed by atoms with Gasteiger partial charge in [-0.25, -0.2) is 0 Å². The number of aromatic nitrogens is 1. The van der Waals surface area contributed by atoms with E-state index in [4.69, 9.17) is 18.7 Å². The molecule has 0 fully saturated rings. The van der Waals surface area contributed by atoms with Crippen molar-refractivity contribution >= 4 is 11.7 Å². The molecular weight excluding hydrogens is 436 g/mol. The van der Waals surface area contributed by atoms with Gasteiger partial charge in [0.05, 0.1) is 32.6 Å². The number of benzene rings is 2. The van der Waals surface area contributed by atoms with E-state index in [1.54, 1.807) is 26.4 Å². The number of nitrogens with one attached hydrogen (secondary N) is 1. The molecule has 8 heteroatoms. The molecule has 2 atom stereocenters. The Balaban J connectivity index is 1.60. The number of fused-ring (bicyclic) bond motifs is 1. The molecule has 1 aliphatic heterocycles. The number of aryl methyl sites for hydroxylation is 1. The van der Waals surface area contributed by atoms with Gasteiger partial charge in [-0.3, -0.25) is 4.79 Å². The highest BCUT2D eigenvalue weighted by atomic mass is 16.5. The van der Waals surface area contributed by atoms with E-state index in [-0.39, 0.29) is 23.4 Å². The zero-order valence-corrected chi connectivity index (χ0v) is 19.5. The third kappa shape index (κ3) is 3.46. The Hall–Kier alpha value is -3.94. The summed E-state index contributed by atoms with van der Waals surface area (Å²) in [6.07, 6.45) is 0.954. The molecule has 0 saturated heterocycles. The lowest BCUT2D eigenvalue weighted by atomic mass is 9.72. The van der Waals surface area contributed by atoms with Gasteiger partial charge in [0.25, 0.3) is 0 Å². The third-order valence-electron chi connectivity index (χ3n) is 6.67. The number of allylic oxidation sites excluding steroid dienone is 2. The van der Waals surface area contributed by atoms with E-state index in [0.717, 1.165) is 28.1 Å². The van der Waals surface area contributed by atoms with Crippen LogP contribution in [0, 0.1) is 6.92 Å². The minimum atomic E-state index is -0.333. The fourth-order valence-corrected chi connectivity index (χ4v) is 5.02. The van der Waals surface area contributed by atoms with Crippen molar-refractivity contribution in [3.05, 3.63) is 70.1 Å². The van der Waals surface area contributed by atoms with Gasteiger partial charge in [0.1, 0.15) is 0 Å². The molecule has 8 nitrogen and oxygen atoms in total. The summed E-state index contributed by atoms with van der Waals surface area (Å²) in [6, 6.07) is 10.9. The van der Waals surface area contributed by atoms with E-state index >= 15 is 0 Å². The smallest absolute Gasteiger partial charge is 0.233 e. The first-order valence-electron chi connectivity index (χ1n) is 11.0. The van der Waals surface area contributed by atoms with Crippen molar-refractivity contribution in [3.63, 3.8) is 0 Å². The predicted molar refractivity (Wildman–Crippen MR) is 125 cm³/mol. The molecule has 0 unspecified atom stereocenters. The van der Waals surface area contributed by atoms with E-state index < -0.39 is 0 Å². The van der Waals surface area contributed by atoms with Gasteiger partial charge in [-0.15, -0.1) is 0 Å². The summed E-state index contributed by atoms with van der Waals surface area (Å²) in [5, 5.41) is 17.5. The van der Waals surface area contributed by atoms with Crippen LogP contribution in [0.15, 0.2) is 52.2 Å². The average Bonchev–Trinajstić information content (AvgIpc) is 3.22. The van der Waals surface area contributed by atoms with Crippen molar-refractivity contribution in [2.24, 2.45) is 0 Å². The van der Waals surface area contributed by atoms with Crippen LogP contribution in [0.3, 0.4) is 0 Å². The van der Waals surface area contributed by atoms with Crippen molar-refractivity contribution in [2.45, 2.75) is 31.6 Å². The van der Waals surface area contributed by atoms with Gasteiger partial charge in [0.2, 0.25) is 5.88 Å². The Kier molecular flexibility index (Phi) is 5.43. The number of Topliss-reactive ketones (excluding diaryl/α,β-unsaturated/α-hetero) is 1. The number of rotatable bonds is 5. The summed E-state index contributed by atoms with van der Waals surface area (Å²) in [6.45, 7) is 1.88. The van der Waals surface area contributed by atoms with E-state index in [1.165, 1.54) is 7.11 Å². The van der Waals surface area contributed by atoms with Crippen LogP contribution in [0.25, 0.3) is 0 Å². The molecule has 2 heterocycles. The molecule has 0 radical (unpaired) electrons. The monoisotopic (exact) mass is 462 g/mol. The van der Waals surface area contributed by atoms with Crippen LogP contribution in [0.1, 0.15) is 47.1 Å². The first-order chi connectivity index (χ1) is 16.4. The van der Waals surface area contributed by atoms with Gasteiger partial charge in [-0.1, -0.05) is 17.3 Å². The molecule has 0 amide bonds. The summed E-state index contributed by atoms with van der Waals surface area (Å²) in [4.78, 5) is 13.7. The van der Waals surface area contributed by atoms with Gasteiger partial charge < -0.3 is 29.2 Å². The summed E-state index contributed by atoms with van der Waals surface area (Å²) < 4.78 is 21.8. The summed E-state index contributed by atoms with van der Waals surface area (Å²) in [7, 11) is 4.69. The lowest BCUT2D eigenvalue weighted by Crippen LogP contribution is -2.29. The van der Waals surface area contributed by atoms with E-state index in [0.29, 0.717) is 41.5 Å². The second-order valence-corrected chi connectivity index (χ2v) is 8.54. The predicted octanol–water partition coefficient (Wildman–Crippen LogP) is 4.67. The lowest BCUT2D eigenvalue weighted by molar-refractivity contribution is -0.116. The standard InChI is InChI=1S/C26H26N2O6/c1-13-23-24(15-6-8-20(31-2)22(12-15)33-4)25-17(27-26(23)34-28-13)9-16(10-19(25)30)14-5-7-18(29)21(11-14)32-3/h5-8,11-12,16,24,27,29H,9-10H2,1-4H3/t16-,24-/m0/s1. The molecule has 5 rings (SSSR count). The van der Waals surface area contributed by atoms with Crippen LogP contribution in [0.4, 0.5) is 5.88 Å². The number of ether oxygens (including phenoxy) is 3. The largest absolute Gasteiger partial charge is 0.504 e. The Morgan fingerprint density at radius 1 is 0.971 bits per heavy atom. The van der Waals surface area contributed by atoms with Gasteiger partial charge in [-0.2, -0.15) is 0 Å². The quantitative estimate of drug-likeness (QED) is 0.564. The molecule has 176 valence electrons. The van der Waals surface area contributed by atoms with Gasteiger partial charge >= 0.3 is 0 Å². The summed E-state index contributed by atoms with van der Waals surface area (Å²) in [5.41, 5.74) is 4.94. The maximum Gasteiger partial charge on any atom is 0.233 e. The summed E-state index contributed by atoms with van der Waals surface area (Å²) in [5.74, 6) is 1.87. The number of methoxy groups -OCH3 is 3. The number of anilines is 1. The maximum absolute atomic E-state index is 13.7. The lowest BCUT2D eigenvalue weighted by Gasteiger charge is -2.34. The van der Waals surface area contributed by atoms with Crippen molar-refractivity contribution in [1.29, 1.82) is 0 Å². The van der Waals surface area contributed by atoms with E-state index in [1.807, 2.05) is 31.2 Å². The fraction of sp³-hybridized carbons (Fsp3) is 0.308. The highest BCUT2D eigenvalue weighted by Crippen LogP contribution is 2.50. The molecule has 1 aliphatic carbocycles. The van der Waals surface area contributed by atoms with Crippen LogP contribution in [0.5, 0.6) is 23.0 Å². The Morgan fingerprint density at radius 2 is 1.68 bits per heavy atom. The average molecular weight is 463 g/mol. The van der Waals surface area contributed by atoms with Crippen LogP contribution >= 0.6 is 0 Å². The first-order valence-corrected chi connectivity index (χ1v) is 11.0. The molecule has 0 spiro atoms. The maximum atomic E-state index is 13.7.